The van der Waals surface area contributed by atoms with Crippen LogP contribution in [0.25, 0.3) is 0 Å². The van der Waals surface area contributed by atoms with Gasteiger partial charge >= 0.3 is 5.97 Å². The number of carbonyl (C=O) groups is 1. The lowest BCUT2D eigenvalue weighted by Gasteiger charge is -2.18. The van der Waals surface area contributed by atoms with Crippen LogP contribution in [-0.4, -0.2) is 55.7 Å². The van der Waals surface area contributed by atoms with E-state index in [0.717, 1.165) is 13.1 Å². The van der Waals surface area contributed by atoms with E-state index in [9.17, 15) is 4.79 Å². The first-order chi connectivity index (χ1) is 5.57. The minimum atomic E-state index is -0.952. The van der Waals surface area contributed by atoms with Crippen LogP contribution < -0.4 is 11.1 Å². The van der Waals surface area contributed by atoms with Gasteiger partial charge < -0.3 is 21.1 Å². The fraction of sp³-hybridized carbons (Fsp3) is 0.857. The van der Waals surface area contributed by atoms with Gasteiger partial charge in [-0.3, -0.25) is 4.79 Å². The molecule has 1 atom stereocenters. The Morgan fingerprint density at radius 1 is 1.75 bits per heavy atom. The van der Waals surface area contributed by atoms with E-state index in [2.05, 4.69) is 5.32 Å². The molecular formula is C7H17N3O2. The molecule has 0 aromatic rings. The highest BCUT2D eigenvalue weighted by atomic mass is 16.4. The molecule has 0 spiro atoms. The summed E-state index contributed by atoms with van der Waals surface area (Å²) >= 11 is 0. The molecule has 0 fully saturated rings. The van der Waals surface area contributed by atoms with Crippen molar-refractivity contribution in [2.75, 3.05) is 33.7 Å². The van der Waals surface area contributed by atoms with Crippen LogP contribution in [0.5, 0.6) is 0 Å². The third-order valence-corrected chi connectivity index (χ3v) is 1.57. The van der Waals surface area contributed by atoms with E-state index in [1.807, 2.05) is 19.0 Å². The second-order valence-electron chi connectivity index (χ2n) is 2.81. The number of aliphatic carboxylic acids is 1. The molecular weight excluding hydrogens is 158 g/mol. The number of rotatable bonds is 6. The van der Waals surface area contributed by atoms with Crippen LogP contribution in [0.3, 0.4) is 0 Å². The minimum Gasteiger partial charge on any atom is -0.480 e. The maximum atomic E-state index is 10.3. The maximum absolute atomic E-state index is 10.3. The Balaban J connectivity index is 3.53. The van der Waals surface area contributed by atoms with Gasteiger partial charge in [0.25, 0.3) is 0 Å². The Kier molecular flexibility index (Phi) is 5.61. The number of hydrogen-bond acceptors (Lipinski definition) is 4. The molecule has 1 unspecified atom stereocenters. The second-order valence-corrected chi connectivity index (χ2v) is 2.81. The Bertz CT molecular complexity index is 141. The van der Waals surface area contributed by atoms with Crippen molar-refractivity contribution in [3.05, 3.63) is 0 Å². The number of nitrogens with two attached hydrogens (primary N) is 1. The van der Waals surface area contributed by atoms with Gasteiger partial charge in [0.2, 0.25) is 0 Å². The van der Waals surface area contributed by atoms with Crippen molar-refractivity contribution < 1.29 is 9.90 Å². The summed E-state index contributed by atoms with van der Waals surface area (Å²) in [5, 5.41) is 11.5. The lowest BCUT2D eigenvalue weighted by atomic mass is 10.3. The van der Waals surface area contributed by atoms with E-state index in [1.165, 1.54) is 0 Å². The first kappa shape index (κ1) is 11.4. The van der Waals surface area contributed by atoms with Crippen molar-refractivity contribution in [1.29, 1.82) is 0 Å². The second kappa shape index (κ2) is 5.93. The van der Waals surface area contributed by atoms with Crippen LogP contribution in [0, 0.1) is 0 Å². The maximum Gasteiger partial charge on any atom is 0.321 e. The zero-order chi connectivity index (χ0) is 9.56. The Morgan fingerprint density at radius 2 is 2.33 bits per heavy atom. The Morgan fingerprint density at radius 3 is 2.75 bits per heavy atom. The molecule has 0 aromatic carbocycles. The highest BCUT2D eigenvalue weighted by Gasteiger charge is 2.12. The van der Waals surface area contributed by atoms with E-state index in [0.29, 0.717) is 6.54 Å². The van der Waals surface area contributed by atoms with E-state index in [4.69, 9.17) is 10.8 Å². The van der Waals surface area contributed by atoms with E-state index < -0.39 is 12.0 Å². The van der Waals surface area contributed by atoms with Crippen molar-refractivity contribution >= 4 is 5.97 Å². The van der Waals surface area contributed by atoms with Crippen molar-refractivity contribution in [3.63, 3.8) is 0 Å². The summed E-state index contributed by atoms with van der Waals surface area (Å²) in [6.45, 7) is 2.03. The molecule has 0 saturated carbocycles. The standard InChI is InChI=1S/C7H17N3O2/c1-9-3-4-10(2)5-6(8)7(11)12/h6,9H,3-5,8H2,1-2H3,(H,11,12). The van der Waals surface area contributed by atoms with Crippen LogP contribution in [0.15, 0.2) is 0 Å². The van der Waals surface area contributed by atoms with Crippen molar-refractivity contribution in [2.24, 2.45) is 5.73 Å². The Labute approximate surface area is 72.5 Å². The minimum absolute atomic E-state index is 0.386. The van der Waals surface area contributed by atoms with Crippen molar-refractivity contribution in [2.45, 2.75) is 6.04 Å². The molecule has 5 heteroatoms. The van der Waals surface area contributed by atoms with Gasteiger partial charge in [0.15, 0.2) is 0 Å². The van der Waals surface area contributed by atoms with Gasteiger partial charge in [0.1, 0.15) is 6.04 Å². The van der Waals surface area contributed by atoms with E-state index >= 15 is 0 Å². The van der Waals surface area contributed by atoms with Gasteiger partial charge in [-0.2, -0.15) is 0 Å². The van der Waals surface area contributed by atoms with Crippen molar-refractivity contribution in [1.82, 2.24) is 10.2 Å². The lowest BCUT2D eigenvalue weighted by Crippen LogP contribution is -2.42. The Hall–Kier alpha value is -0.650. The molecule has 0 saturated heterocycles. The average molecular weight is 175 g/mol. The van der Waals surface area contributed by atoms with Gasteiger partial charge in [-0.1, -0.05) is 0 Å². The number of nitrogens with zero attached hydrogens (tertiary/aromatic N) is 1. The molecule has 12 heavy (non-hydrogen) atoms. The van der Waals surface area contributed by atoms with E-state index in [1.54, 1.807) is 0 Å². The molecule has 0 amide bonds. The molecule has 5 nitrogen and oxygen atoms in total. The monoisotopic (exact) mass is 175 g/mol. The predicted octanol–water partition coefficient (Wildman–Crippen LogP) is -1.45. The largest absolute Gasteiger partial charge is 0.480 e. The summed E-state index contributed by atoms with van der Waals surface area (Å²) in [7, 11) is 3.70. The van der Waals surface area contributed by atoms with Gasteiger partial charge in [-0.25, -0.2) is 0 Å². The number of carboxylic acids is 1. The number of hydrogen-bond donors (Lipinski definition) is 3. The fourth-order valence-electron chi connectivity index (χ4n) is 0.808. The zero-order valence-electron chi connectivity index (χ0n) is 7.58. The van der Waals surface area contributed by atoms with Crippen LogP contribution in [0.1, 0.15) is 0 Å². The SMILES string of the molecule is CNCCN(C)CC(N)C(=O)O. The van der Waals surface area contributed by atoms with Crippen LogP contribution in [0.2, 0.25) is 0 Å². The molecule has 0 aliphatic rings. The molecule has 0 heterocycles. The van der Waals surface area contributed by atoms with Crippen LogP contribution >= 0.6 is 0 Å². The molecule has 0 bridgehead atoms. The molecule has 0 aliphatic heterocycles. The summed E-state index contributed by atoms with van der Waals surface area (Å²) < 4.78 is 0. The summed E-state index contributed by atoms with van der Waals surface area (Å²) in [4.78, 5) is 12.2. The third kappa shape index (κ3) is 5.06. The third-order valence-electron chi connectivity index (χ3n) is 1.57. The number of carboxylic acid groups (broad SMARTS) is 1. The summed E-state index contributed by atoms with van der Waals surface area (Å²) in [5.41, 5.74) is 5.33. The molecule has 4 N–H and O–H groups in total. The van der Waals surface area contributed by atoms with E-state index in [-0.39, 0.29) is 0 Å². The molecule has 0 rings (SSSR count). The van der Waals surface area contributed by atoms with Gasteiger partial charge in [0.05, 0.1) is 0 Å². The first-order valence-electron chi connectivity index (χ1n) is 3.89. The molecule has 0 radical (unpaired) electrons. The highest BCUT2D eigenvalue weighted by Crippen LogP contribution is 1.85. The smallest absolute Gasteiger partial charge is 0.321 e. The van der Waals surface area contributed by atoms with Gasteiger partial charge in [0, 0.05) is 19.6 Å². The normalized spacial score (nSPS) is 13.3. The summed E-state index contributed by atoms with van der Waals surface area (Å²) in [6.07, 6.45) is 0. The van der Waals surface area contributed by atoms with Crippen molar-refractivity contribution in [3.8, 4) is 0 Å². The van der Waals surface area contributed by atoms with Crippen LogP contribution in [0.4, 0.5) is 0 Å². The number of likely N-dealkylation sites (N-methyl/N-ethyl adjacent to an activating group) is 2. The summed E-state index contributed by atoms with van der Waals surface area (Å²) in [6, 6.07) is -0.785. The highest BCUT2D eigenvalue weighted by molar-refractivity contribution is 5.73. The quantitative estimate of drug-likeness (QED) is 0.460. The topological polar surface area (TPSA) is 78.6 Å². The van der Waals surface area contributed by atoms with Gasteiger partial charge in [-0.05, 0) is 14.1 Å². The lowest BCUT2D eigenvalue weighted by molar-refractivity contribution is -0.138. The zero-order valence-corrected chi connectivity index (χ0v) is 7.58. The summed E-state index contributed by atoms with van der Waals surface area (Å²) in [5.74, 6) is -0.952. The molecule has 0 aromatic heterocycles. The number of nitrogens with one attached hydrogen (secondary N) is 1. The first-order valence-corrected chi connectivity index (χ1v) is 3.89. The predicted molar refractivity (Wildman–Crippen MR) is 47.0 cm³/mol. The van der Waals surface area contributed by atoms with Crippen LogP contribution in [-0.2, 0) is 4.79 Å². The van der Waals surface area contributed by atoms with Gasteiger partial charge in [-0.15, -0.1) is 0 Å². The fourth-order valence-corrected chi connectivity index (χ4v) is 0.808. The molecule has 72 valence electrons. The molecule has 0 aliphatic carbocycles. The average Bonchev–Trinajstić information content (AvgIpc) is 2.00.